The van der Waals surface area contributed by atoms with Crippen molar-refractivity contribution in [2.75, 3.05) is 6.54 Å². The lowest BCUT2D eigenvalue weighted by atomic mass is 10.2. The Morgan fingerprint density at radius 1 is 1.43 bits per heavy atom. The minimum atomic E-state index is 0.198. The van der Waals surface area contributed by atoms with E-state index in [9.17, 15) is 4.79 Å². The Morgan fingerprint density at radius 3 is 3.04 bits per heavy atom. The van der Waals surface area contributed by atoms with Gasteiger partial charge in [0.1, 0.15) is 5.82 Å². The molecular weight excluding hydrogens is 308 g/mol. The van der Waals surface area contributed by atoms with Crippen LogP contribution in [0.4, 0.5) is 0 Å². The number of hydrogen-bond acceptors (Lipinski definition) is 4. The fourth-order valence-electron chi connectivity index (χ4n) is 3.25. The Morgan fingerprint density at radius 2 is 2.30 bits per heavy atom. The van der Waals surface area contributed by atoms with Crippen LogP contribution in [0.1, 0.15) is 42.9 Å². The number of imidazole rings is 1. The molecule has 0 radical (unpaired) electrons. The maximum absolute atomic E-state index is 11.8. The Kier molecular flexibility index (Phi) is 3.95. The van der Waals surface area contributed by atoms with Crippen molar-refractivity contribution in [2.24, 2.45) is 5.92 Å². The molecule has 3 heterocycles. The first kappa shape index (κ1) is 14.9. The van der Waals surface area contributed by atoms with Crippen molar-refractivity contribution in [3.8, 4) is 0 Å². The van der Waals surface area contributed by atoms with Crippen LogP contribution in [-0.2, 0) is 24.4 Å². The van der Waals surface area contributed by atoms with E-state index in [1.54, 1.807) is 11.3 Å². The average molecular weight is 330 g/mol. The van der Waals surface area contributed by atoms with Crippen LogP contribution in [-0.4, -0.2) is 26.9 Å². The summed E-state index contributed by atoms with van der Waals surface area (Å²) in [5.41, 5.74) is 2.50. The van der Waals surface area contributed by atoms with E-state index >= 15 is 0 Å². The van der Waals surface area contributed by atoms with Crippen molar-refractivity contribution in [1.29, 1.82) is 0 Å². The summed E-state index contributed by atoms with van der Waals surface area (Å²) in [5, 5.41) is 7.39. The molecule has 23 heavy (non-hydrogen) atoms. The van der Waals surface area contributed by atoms with Crippen molar-refractivity contribution in [1.82, 2.24) is 19.8 Å². The SMILES string of the molecule is C[C@H]1c2ncc(CNC(=O)C3CC3)n2CCN1Cc1ccsc1. The van der Waals surface area contributed by atoms with Gasteiger partial charge in [-0.3, -0.25) is 9.69 Å². The molecule has 2 aromatic rings. The van der Waals surface area contributed by atoms with Crippen molar-refractivity contribution >= 4 is 17.2 Å². The molecule has 1 aliphatic heterocycles. The summed E-state index contributed by atoms with van der Waals surface area (Å²) in [7, 11) is 0. The summed E-state index contributed by atoms with van der Waals surface area (Å²) in [6.07, 6.45) is 4.02. The van der Waals surface area contributed by atoms with Gasteiger partial charge >= 0.3 is 0 Å². The highest BCUT2D eigenvalue weighted by Gasteiger charge is 2.30. The standard InChI is InChI=1S/C17H22N4OS/c1-12-16-18-8-15(9-19-17(22)14-2-3-14)21(16)6-5-20(12)10-13-4-7-23-11-13/h4,7-8,11-12,14H,2-3,5-6,9-10H2,1H3,(H,19,22)/t12-/m0/s1. The lowest BCUT2D eigenvalue weighted by Gasteiger charge is -2.34. The second kappa shape index (κ2) is 6.09. The first-order chi connectivity index (χ1) is 11.2. The van der Waals surface area contributed by atoms with Gasteiger partial charge in [-0.15, -0.1) is 0 Å². The molecule has 6 heteroatoms. The number of carbonyl (C=O) groups excluding carboxylic acids is 1. The average Bonchev–Trinajstić information content (AvgIpc) is 3.13. The number of carbonyl (C=O) groups is 1. The van der Waals surface area contributed by atoms with E-state index in [4.69, 9.17) is 0 Å². The van der Waals surface area contributed by atoms with Crippen molar-refractivity contribution in [3.63, 3.8) is 0 Å². The van der Waals surface area contributed by atoms with E-state index in [1.807, 2.05) is 6.20 Å². The number of aromatic nitrogens is 2. The Hall–Kier alpha value is -1.66. The monoisotopic (exact) mass is 330 g/mol. The lowest BCUT2D eigenvalue weighted by molar-refractivity contribution is -0.122. The fourth-order valence-corrected chi connectivity index (χ4v) is 3.91. The summed E-state index contributed by atoms with van der Waals surface area (Å²) in [6, 6.07) is 2.49. The van der Waals surface area contributed by atoms with Crippen LogP contribution in [0.3, 0.4) is 0 Å². The number of nitrogens with zero attached hydrogens (tertiary/aromatic N) is 3. The van der Waals surface area contributed by atoms with Gasteiger partial charge in [0.25, 0.3) is 0 Å². The maximum atomic E-state index is 11.8. The highest BCUT2D eigenvalue weighted by atomic mass is 32.1. The zero-order chi connectivity index (χ0) is 15.8. The zero-order valence-corrected chi connectivity index (χ0v) is 14.2. The molecule has 5 nitrogen and oxygen atoms in total. The highest BCUT2D eigenvalue weighted by Crippen LogP contribution is 2.29. The van der Waals surface area contributed by atoms with Gasteiger partial charge in [-0.05, 0) is 42.2 Å². The summed E-state index contributed by atoms with van der Waals surface area (Å²) in [4.78, 5) is 18.9. The Balaban J connectivity index is 1.43. The number of rotatable bonds is 5. The molecular formula is C17H22N4OS. The fraction of sp³-hybridized carbons (Fsp3) is 0.529. The van der Waals surface area contributed by atoms with Crippen molar-refractivity contribution in [2.45, 2.75) is 45.4 Å². The third-order valence-corrected chi connectivity index (χ3v) is 5.59. The van der Waals surface area contributed by atoms with Gasteiger partial charge < -0.3 is 9.88 Å². The van der Waals surface area contributed by atoms with E-state index in [0.29, 0.717) is 12.6 Å². The van der Waals surface area contributed by atoms with Crippen LogP contribution in [0.2, 0.25) is 0 Å². The summed E-state index contributed by atoms with van der Waals surface area (Å²) in [6.45, 7) is 5.75. The van der Waals surface area contributed by atoms with Crippen LogP contribution in [0, 0.1) is 5.92 Å². The molecule has 1 saturated carbocycles. The summed E-state index contributed by atoms with van der Waals surface area (Å²) < 4.78 is 2.28. The highest BCUT2D eigenvalue weighted by molar-refractivity contribution is 7.07. The Labute approximate surface area is 140 Å². The molecule has 0 spiro atoms. The van der Waals surface area contributed by atoms with Crippen LogP contribution >= 0.6 is 11.3 Å². The number of fused-ring (bicyclic) bond motifs is 1. The van der Waals surface area contributed by atoms with Crippen LogP contribution in [0.5, 0.6) is 0 Å². The van der Waals surface area contributed by atoms with Gasteiger partial charge in [-0.2, -0.15) is 11.3 Å². The normalized spacial score (nSPS) is 21.2. The largest absolute Gasteiger partial charge is 0.350 e. The Bertz CT molecular complexity index is 690. The minimum Gasteiger partial charge on any atom is -0.350 e. The van der Waals surface area contributed by atoms with E-state index in [-0.39, 0.29) is 11.8 Å². The predicted octanol–water partition coefficient (Wildman–Crippen LogP) is 2.55. The first-order valence-corrected chi connectivity index (χ1v) is 9.24. The van der Waals surface area contributed by atoms with E-state index in [2.05, 4.69) is 43.5 Å². The third kappa shape index (κ3) is 3.05. The molecule has 0 bridgehead atoms. The molecule has 0 aromatic carbocycles. The number of thiophene rings is 1. The molecule has 1 N–H and O–H groups in total. The zero-order valence-electron chi connectivity index (χ0n) is 13.4. The van der Waals surface area contributed by atoms with Crippen LogP contribution in [0.15, 0.2) is 23.0 Å². The van der Waals surface area contributed by atoms with E-state index in [0.717, 1.165) is 44.0 Å². The molecule has 1 fully saturated rings. The number of nitrogens with one attached hydrogen (secondary N) is 1. The lowest BCUT2D eigenvalue weighted by Crippen LogP contribution is -2.37. The first-order valence-electron chi connectivity index (χ1n) is 8.29. The topological polar surface area (TPSA) is 50.2 Å². The van der Waals surface area contributed by atoms with Gasteiger partial charge in [0.15, 0.2) is 0 Å². The van der Waals surface area contributed by atoms with E-state index < -0.39 is 0 Å². The second-order valence-electron chi connectivity index (χ2n) is 6.53. The quantitative estimate of drug-likeness (QED) is 0.916. The molecule has 2 aliphatic rings. The maximum Gasteiger partial charge on any atom is 0.223 e. The molecule has 1 aliphatic carbocycles. The van der Waals surface area contributed by atoms with E-state index in [1.165, 1.54) is 5.56 Å². The minimum absolute atomic E-state index is 0.198. The molecule has 4 rings (SSSR count). The molecule has 2 aromatic heterocycles. The second-order valence-corrected chi connectivity index (χ2v) is 7.31. The molecule has 0 unspecified atom stereocenters. The molecule has 122 valence electrons. The van der Waals surface area contributed by atoms with Gasteiger partial charge in [0.2, 0.25) is 5.91 Å². The predicted molar refractivity (Wildman–Crippen MR) is 89.9 cm³/mol. The van der Waals surface area contributed by atoms with Crippen molar-refractivity contribution < 1.29 is 4.79 Å². The number of hydrogen-bond donors (Lipinski definition) is 1. The van der Waals surface area contributed by atoms with Gasteiger partial charge in [-0.1, -0.05) is 0 Å². The molecule has 1 amide bonds. The summed E-state index contributed by atoms with van der Waals surface area (Å²) in [5.74, 6) is 1.57. The van der Waals surface area contributed by atoms with Gasteiger partial charge in [-0.25, -0.2) is 4.98 Å². The van der Waals surface area contributed by atoms with Crippen molar-refractivity contribution in [3.05, 3.63) is 40.1 Å². The van der Waals surface area contributed by atoms with Gasteiger partial charge in [0.05, 0.1) is 24.5 Å². The van der Waals surface area contributed by atoms with Crippen LogP contribution < -0.4 is 5.32 Å². The smallest absolute Gasteiger partial charge is 0.223 e. The van der Waals surface area contributed by atoms with Crippen LogP contribution in [0.25, 0.3) is 0 Å². The molecule has 1 atom stereocenters. The molecule has 0 saturated heterocycles. The number of amides is 1. The third-order valence-electron chi connectivity index (χ3n) is 4.86. The van der Waals surface area contributed by atoms with Gasteiger partial charge in [0, 0.05) is 25.6 Å². The summed E-state index contributed by atoms with van der Waals surface area (Å²) >= 11 is 1.75.